The van der Waals surface area contributed by atoms with Crippen molar-refractivity contribution in [2.24, 2.45) is 0 Å². The van der Waals surface area contributed by atoms with Gasteiger partial charge in [0.25, 0.3) is 11.8 Å². The topological polar surface area (TPSA) is 96.3 Å². The smallest absolute Gasteiger partial charge is 0.322 e. The standard InChI is InChI=1S/C22H20ClN5O3/c1-22(13-11-15-7-3-2-4-8-15)20(30)28(21(31)24-22)26-19(29)17-12-14-27(25-17)18-10-6-5-9-16(18)23/h2-10,12,14H,11,13H2,1H3,(H,24,31)(H,26,29). The lowest BCUT2D eigenvalue weighted by molar-refractivity contribution is -0.132. The number of aromatic nitrogens is 2. The van der Waals surface area contributed by atoms with Gasteiger partial charge < -0.3 is 5.32 Å². The molecule has 1 fully saturated rings. The fraction of sp³-hybridized carbons (Fsp3) is 0.182. The van der Waals surface area contributed by atoms with Crippen LogP contribution in [0.25, 0.3) is 5.69 Å². The van der Waals surface area contributed by atoms with E-state index in [1.807, 2.05) is 30.3 Å². The van der Waals surface area contributed by atoms with Crippen LogP contribution in [0.4, 0.5) is 4.79 Å². The molecule has 3 aromatic rings. The summed E-state index contributed by atoms with van der Waals surface area (Å²) in [6.07, 6.45) is 2.58. The molecule has 2 aromatic carbocycles. The number of imide groups is 1. The number of para-hydroxylation sites is 1. The first-order valence-corrected chi connectivity index (χ1v) is 10.1. The van der Waals surface area contributed by atoms with Crippen molar-refractivity contribution in [3.8, 4) is 5.69 Å². The van der Waals surface area contributed by atoms with Crippen LogP contribution in [0.5, 0.6) is 0 Å². The minimum atomic E-state index is -1.11. The van der Waals surface area contributed by atoms with Crippen molar-refractivity contribution in [2.75, 3.05) is 0 Å². The summed E-state index contributed by atoms with van der Waals surface area (Å²) in [6.45, 7) is 1.65. The summed E-state index contributed by atoms with van der Waals surface area (Å²) in [7, 11) is 0. The number of urea groups is 1. The molecule has 0 radical (unpaired) electrons. The molecule has 0 spiro atoms. The number of nitrogens with zero attached hydrogens (tertiary/aromatic N) is 3. The summed E-state index contributed by atoms with van der Waals surface area (Å²) in [5.41, 5.74) is 2.94. The molecule has 1 aliphatic rings. The minimum Gasteiger partial charge on any atom is -0.322 e. The Morgan fingerprint density at radius 2 is 1.81 bits per heavy atom. The van der Waals surface area contributed by atoms with E-state index in [0.717, 1.165) is 5.56 Å². The number of halogens is 1. The summed E-state index contributed by atoms with van der Waals surface area (Å²) in [4.78, 5) is 37.9. The third-order valence-corrected chi connectivity index (χ3v) is 5.47. The van der Waals surface area contributed by atoms with E-state index in [0.29, 0.717) is 28.6 Å². The Labute approximate surface area is 183 Å². The molecule has 31 heavy (non-hydrogen) atoms. The second-order valence-corrected chi connectivity index (χ2v) is 7.83. The maximum absolute atomic E-state index is 12.9. The Bertz CT molecular complexity index is 1150. The SMILES string of the molecule is CC1(CCc2ccccc2)NC(=O)N(NC(=O)c2ccn(-c3ccccc3Cl)n2)C1=O. The Balaban J connectivity index is 1.44. The van der Waals surface area contributed by atoms with Gasteiger partial charge in [0.15, 0.2) is 5.69 Å². The normalized spacial score (nSPS) is 18.2. The van der Waals surface area contributed by atoms with E-state index in [1.165, 1.54) is 10.7 Å². The van der Waals surface area contributed by atoms with Crippen LogP contribution in [0.15, 0.2) is 66.9 Å². The van der Waals surface area contributed by atoms with E-state index >= 15 is 0 Å². The number of carbonyl (C=O) groups is 3. The molecule has 9 heteroatoms. The molecule has 158 valence electrons. The monoisotopic (exact) mass is 437 g/mol. The fourth-order valence-corrected chi connectivity index (χ4v) is 3.59. The van der Waals surface area contributed by atoms with E-state index in [4.69, 9.17) is 11.6 Å². The highest BCUT2D eigenvalue weighted by atomic mass is 35.5. The molecule has 1 aromatic heterocycles. The molecular formula is C22H20ClN5O3. The first kappa shape index (κ1) is 20.6. The maximum atomic E-state index is 12.9. The third-order valence-electron chi connectivity index (χ3n) is 5.15. The summed E-state index contributed by atoms with van der Waals surface area (Å²) in [6, 6.07) is 17.5. The van der Waals surface area contributed by atoms with Gasteiger partial charge in [0.05, 0.1) is 10.7 Å². The Hall–Kier alpha value is -3.65. The van der Waals surface area contributed by atoms with Crippen LogP contribution in [-0.2, 0) is 11.2 Å². The van der Waals surface area contributed by atoms with Crippen molar-refractivity contribution in [3.05, 3.63) is 83.1 Å². The van der Waals surface area contributed by atoms with Gasteiger partial charge in [0.2, 0.25) is 0 Å². The molecule has 8 nitrogen and oxygen atoms in total. The molecule has 4 rings (SSSR count). The van der Waals surface area contributed by atoms with E-state index in [2.05, 4.69) is 15.8 Å². The van der Waals surface area contributed by atoms with Gasteiger partial charge in [-0.25, -0.2) is 9.48 Å². The number of aryl methyl sites for hydroxylation is 1. The van der Waals surface area contributed by atoms with Gasteiger partial charge in [-0.1, -0.05) is 54.1 Å². The van der Waals surface area contributed by atoms with Crippen LogP contribution < -0.4 is 10.7 Å². The summed E-state index contributed by atoms with van der Waals surface area (Å²) in [5.74, 6) is -1.20. The van der Waals surface area contributed by atoms with E-state index in [1.54, 1.807) is 37.4 Å². The number of carbonyl (C=O) groups excluding carboxylic acids is 3. The number of hydrazine groups is 1. The number of rotatable bonds is 6. The predicted molar refractivity (Wildman–Crippen MR) is 115 cm³/mol. The van der Waals surface area contributed by atoms with Crippen molar-refractivity contribution < 1.29 is 14.4 Å². The van der Waals surface area contributed by atoms with E-state index < -0.39 is 23.4 Å². The average molecular weight is 438 g/mol. The molecule has 1 unspecified atom stereocenters. The van der Waals surface area contributed by atoms with Crippen LogP contribution in [0.2, 0.25) is 5.02 Å². The number of hydrogen-bond acceptors (Lipinski definition) is 4. The molecule has 2 N–H and O–H groups in total. The number of hydrogen-bond donors (Lipinski definition) is 2. The quantitative estimate of drug-likeness (QED) is 0.579. The average Bonchev–Trinajstić information content (AvgIpc) is 3.33. The molecule has 4 amide bonds. The molecule has 2 heterocycles. The van der Waals surface area contributed by atoms with Crippen LogP contribution >= 0.6 is 11.6 Å². The molecule has 1 aliphatic heterocycles. The number of amides is 4. The number of nitrogens with one attached hydrogen (secondary N) is 2. The Morgan fingerprint density at radius 3 is 2.55 bits per heavy atom. The third kappa shape index (κ3) is 4.15. The van der Waals surface area contributed by atoms with Gasteiger partial charge in [-0.05, 0) is 43.5 Å². The summed E-state index contributed by atoms with van der Waals surface area (Å²) in [5, 5.41) is 8.05. The lowest BCUT2D eigenvalue weighted by Gasteiger charge is -2.21. The second kappa shape index (κ2) is 8.23. The molecule has 1 saturated heterocycles. The lowest BCUT2D eigenvalue weighted by atomic mass is 9.93. The van der Waals surface area contributed by atoms with Crippen molar-refractivity contribution in [1.82, 2.24) is 25.5 Å². The Morgan fingerprint density at radius 1 is 1.10 bits per heavy atom. The van der Waals surface area contributed by atoms with E-state index in [9.17, 15) is 14.4 Å². The van der Waals surface area contributed by atoms with Gasteiger partial charge in [0, 0.05) is 6.20 Å². The first-order chi connectivity index (χ1) is 14.9. The summed E-state index contributed by atoms with van der Waals surface area (Å²) < 4.78 is 1.45. The number of benzene rings is 2. The minimum absolute atomic E-state index is 0.0402. The van der Waals surface area contributed by atoms with Gasteiger partial charge in [0.1, 0.15) is 5.54 Å². The molecule has 0 saturated carbocycles. The van der Waals surface area contributed by atoms with Gasteiger partial charge >= 0.3 is 6.03 Å². The maximum Gasteiger partial charge on any atom is 0.344 e. The molecule has 1 atom stereocenters. The second-order valence-electron chi connectivity index (χ2n) is 7.43. The first-order valence-electron chi connectivity index (χ1n) is 9.69. The highest BCUT2D eigenvalue weighted by Gasteiger charge is 2.48. The van der Waals surface area contributed by atoms with Gasteiger partial charge in [-0.15, -0.1) is 0 Å². The van der Waals surface area contributed by atoms with Crippen LogP contribution in [0.3, 0.4) is 0 Å². The molecular weight excluding hydrogens is 418 g/mol. The highest BCUT2D eigenvalue weighted by Crippen LogP contribution is 2.23. The largest absolute Gasteiger partial charge is 0.344 e. The van der Waals surface area contributed by atoms with Crippen molar-refractivity contribution in [2.45, 2.75) is 25.3 Å². The van der Waals surface area contributed by atoms with Crippen LogP contribution in [0, 0.1) is 0 Å². The molecule has 0 aliphatic carbocycles. The van der Waals surface area contributed by atoms with Gasteiger partial charge in [-0.2, -0.15) is 10.1 Å². The molecule has 0 bridgehead atoms. The van der Waals surface area contributed by atoms with Crippen molar-refractivity contribution in [3.63, 3.8) is 0 Å². The van der Waals surface area contributed by atoms with Crippen LogP contribution in [0.1, 0.15) is 29.4 Å². The zero-order valence-electron chi connectivity index (χ0n) is 16.7. The predicted octanol–water partition coefficient (Wildman–Crippen LogP) is 3.11. The zero-order valence-corrected chi connectivity index (χ0v) is 17.5. The summed E-state index contributed by atoms with van der Waals surface area (Å²) >= 11 is 6.16. The highest BCUT2D eigenvalue weighted by molar-refractivity contribution is 6.32. The Kier molecular flexibility index (Phi) is 5.48. The van der Waals surface area contributed by atoms with Gasteiger partial charge in [-0.3, -0.25) is 15.0 Å². The fourth-order valence-electron chi connectivity index (χ4n) is 3.37. The lowest BCUT2D eigenvalue weighted by Crippen LogP contribution is -2.49. The van der Waals surface area contributed by atoms with E-state index in [-0.39, 0.29) is 5.69 Å². The van der Waals surface area contributed by atoms with Crippen LogP contribution in [-0.4, -0.2) is 38.2 Å². The van der Waals surface area contributed by atoms with Crippen molar-refractivity contribution >= 4 is 29.4 Å². The van der Waals surface area contributed by atoms with Crippen molar-refractivity contribution in [1.29, 1.82) is 0 Å². The zero-order chi connectivity index (χ0) is 22.0.